The maximum atomic E-state index is 11.7. The van der Waals surface area contributed by atoms with Gasteiger partial charge in [-0.1, -0.05) is 18.2 Å². The highest BCUT2D eigenvalue weighted by Gasteiger charge is 2.29. The second kappa shape index (κ2) is 5.19. The van der Waals surface area contributed by atoms with Crippen molar-refractivity contribution in [3.05, 3.63) is 30.3 Å². The number of carbonyl (C=O) groups excluding carboxylic acids is 1. The second-order valence-electron chi connectivity index (χ2n) is 4.40. The molecular formula is C13H17NO3. The lowest BCUT2D eigenvalue weighted by atomic mass is 9.89. The molecule has 92 valence electrons. The van der Waals surface area contributed by atoms with Crippen LogP contribution in [-0.4, -0.2) is 29.3 Å². The molecule has 1 atom stereocenters. The number of benzene rings is 1. The third-order valence-corrected chi connectivity index (χ3v) is 2.88. The molecule has 0 aromatic heterocycles. The van der Waals surface area contributed by atoms with Crippen molar-refractivity contribution in [1.82, 2.24) is 5.32 Å². The SMILES string of the molecule is CC(Oc1ccccc1)C(=O)NC1CC(O)C1. The molecule has 17 heavy (non-hydrogen) atoms. The molecule has 0 saturated heterocycles. The van der Waals surface area contributed by atoms with Crippen LogP contribution >= 0.6 is 0 Å². The quantitative estimate of drug-likeness (QED) is 0.821. The Morgan fingerprint density at radius 3 is 2.65 bits per heavy atom. The second-order valence-corrected chi connectivity index (χ2v) is 4.40. The fourth-order valence-electron chi connectivity index (χ4n) is 1.78. The van der Waals surface area contributed by atoms with Crippen molar-refractivity contribution < 1.29 is 14.6 Å². The highest BCUT2D eigenvalue weighted by molar-refractivity contribution is 5.81. The lowest BCUT2D eigenvalue weighted by molar-refractivity contribution is -0.129. The minimum Gasteiger partial charge on any atom is -0.481 e. The summed E-state index contributed by atoms with van der Waals surface area (Å²) in [7, 11) is 0. The largest absolute Gasteiger partial charge is 0.481 e. The lowest BCUT2D eigenvalue weighted by Crippen LogP contribution is -2.50. The van der Waals surface area contributed by atoms with Gasteiger partial charge in [0.15, 0.2) is 6.10 Å². The molecule has 1 saturated carbocycles. The van der Waals surface area contributed by atoms with E-state index in [4.69, 9.17) is 9.84 Å². The van der Waals surface area contributed by atoms with E-state index in [0.29, 0.717) is 18.6 Å². The topological polar surface area (TPSA) is 58.6 Å². The van der Waals surface area contributed by atoms with E-state index in [1.165, 1.54) is 0 Å². The Morgan fingerprint density at radius 1 is 1.41 bits per heavy atom. The van der Waals surface area contributed by atoms with E-state index < -0.39 is 6.10 Å². The van der Waals surface area contributed by atoms with Crippen LogP contribution in [0.3, 0.4) is 0 Å². The summed E-state index contributed by atoms with van der Waals surface area (Å²) in [5.41, 5.74) is 0. The van der Waals surface area contributed by atoms with Gasteiger partial charge in [-0.3, -0.25) is 4.79 Å². The zero-order valence-corrected chi connectivity index (χ0v) is 9.80. The summed E-state index contributed by atoms with van der Waals surface area (Å²) in [6.07, 6.45) is 0.508. The van der Waals surface area contributed by atoms with Crippen molar-refractivity contribution in [3.8, 4) is 5.75 Å². The number of hydrogen-bond acceptors (Lipinski definition) is 3. The molecule has 0 radical (unpaired) electrons. The molecule has 1 aromatic carbocycles. The van der Waals surface area contributed by atoms with E-state index >= 15 is 0 Å². The molecule has 2 N–H and O–H groups in total. The number of rotatable bonds is 4. The standard InChI is InChI=1S/C13H17NO3/c1-9(17-12-5-3-2-4-6-12)13(16)14-10-7-11(15)8-10/h2-6,9-11,15H,7-8H2,1H3,(H,14,16). The summed E-state index contributed by atoms with van der Waals surface area (Å²) in [5.74, 6) is 0.551. The first-order chi connectivity index (χ1) is 8.15. The molecule has 0 bridgehead atoms. The zero-order valence-electron chi connectivity index (χ0n) is 9.80. The number of hydrogen-bond donors (Lipinski definition) is 2. The normalized spacial score (nSPS) is 24.6. The van der Waals surface area contributed by atoms with Gasteiger partial charge >= 0.3 is 0 Å². The maximum Gasteiger partial charge on any atom is 0.260 e. The molecule has 0 aliphatic heterocycles. The van der Waals surface area contributed by atoms with Crippen LogP contribution in [0.15, 0.2) is 30.3 Å². The van der Waals surface area contributed by atoms with Gasteiger partial charge in [0.1, 0.15) is 5.75 Å². The van der Waals surface area contributed by atoms with Gasteiger partial charge in [0, 0.05) is 6.04 Å². The lowest BCUT2D eigenvalue weighted by Gasteiger charge is -2.32. The van der Waals surface area contributed by atoms with E-state index in [1.807, 2.05) is 30.3 Å². The molecule has 1 unspecified atom stereocenters. The first-order valence-electron chi connectivity index (χ1n) is 5.85. The fraction of sp³-hybridized carbons (Fsp3) is 0.462. The summed E-state index contributed by atoms with van der Waals surface area (Å²) < 4.78 is 5.50. The van der Waals surface area contributed by atoms with Crippen molar-refractivity contribution in [2.45, 2.75) is 38.0 Å². The number of carbonyl (C=O) groups is 1. The number of nitrogens with one attached hydrogen (secondary N) is 1. The van der Waals surface area contributed by atoms with E-state index in [9.17, 15) is 4.79 Å². The highest BCUT2D eigenvalue weighted by Crippen LogP contribution is 2.19. The van der Waals surface area contributed by atoms with Gasteiger partial charge in [-0.05, 0) is 31.9 Å². The summed E-state index contributed by atoms with van der Waals surface area (Å²) in [5, 5.41) is 12.0. The predicted octanol–water partition coefficient (Wildman–Crippen LogP) is 1.09. The molecule has 2 rings (SSSR count). The van der Waals surface area contributed by atoms with E-state index in [-0.39, 0.29) is 18.1 Å². The Labute approximate surface area is 101 Å². The van der Waals surface area contributed by atoms with Crippen molar-refractivity contribution in [3.63, 3.8) is 0 Å². The van der Waals surface area contributed by atoms with Crippen LogP contribution in [0.4, 0.5) is 0 Å². The number of para-hydroxylation sites is 1. The first kappa shape index (κ1) is 11.9. The Hall–Kier alpha value is -1.55. The maximum absolute atomic E-state index is 11.7. The molecule has 0 heterocycles. The molecule has 1 aromatic rings. The van der Waals surface area contributed by atoms with Crippen molar-refractivity contribution in [1.29, 1.82) is 0 Å². The molecule has 1 fully saturated rings. The van der Waals surface area contributed by atoms with Gasteiger partial charge in [0.2, 0.25) is 0 Å². The third-order valence-electron chi connectivity index (χ3n) is 2.88. The van der Waals surface area contributed by atoms with Crippen LogP contribution < -0.4 is 10.1 Å². The first-order valence-corrected chi connectivity index (χ1v) is 5.85. The molecular weight excluding hydrogens is 218 g/mol. The van der Waals surface area contributed by atoms with Crippen molar-refractivity contribution in [2.75, 3.05) is 0 Å². The number of aliphatic hydroxyl groups is 1. The number of ether oxygens (including phenoxy) is 1. The molecule has 1 aliphatic rings. The van der Waals surface area contributed by atoms with Gasteiger partial charge in [0.05, 0.1) is 6.10 Å². The zero-order chi connectivity index (χ0) is 12.3. The van der Waals surface area contributed by atoms with Crippen LogP contribution in [0.5, 0.6) is 5.75 Å². The highest BCUT2D eigenvalue weighted by atomic mass is 16.5. The Balaban J connectivity index is 1.79. The van der Waals surface area contributed by atoms with Gasteiger partial charge < -0.3 is 15.2 Å². The molecule has 0 spiro atoms. The number of aliphatic hydroxyl groups excluding tert-OH is 1. The van der Waals surface area contributed by atoms with Gasteiger partial charge in [-0.2, -0.15) is 0 Å². The smallest absolute Gasteiger partial charge is 0.260 e. The van der Waals surface area contributed by atoms with Crippen LogP contribution in [0.2, 0.25) is 0 Å². The van der Waals surface area contributed by atoms with Gasteiger partial charge in [0.25, 0.3) is 5.91 Å². The van der Waals surface area contributed by atoms with Crippen LogP contribution in [0.1, 0.15) is 19.8 Å². The minimum absolute atomic E-state index is 0.0966. The molecule has 4 nitrogen and oxygen atoms in total. The summed E-state index contributed by atoms with van der Waals surface area (Å²) >= 11 is 0. The van der Waals surface area contributed by atoms with Crippen LogP contribution in [0, 0.1) is 0 Å². The summed E-state index contributed by atoms with van der Waals surface area (Å²) in [4.78, 5) is 11.7. The molecule has 1 aliphatic carbocycles. The summed E-state index contributed by atoms with van der Waals surface area (Å²) in [6, 6.07) is 9.35. The number of amides is 1. The Morgan fingerprint density at radius 2 is 2.06 bits per heavy atom. The van der Waals surface area contributed by atoms with E-state index in [2.05, 4.69) is 5.32 Å². The Kier molecular flexibility index (Phi) is 3.64. The monoisotopic (exact) mass is 235 g/mol. The molecule has 4 heteroatoms. The van der Waals surface area contributed by atoms with Crippen molar-refractivity contribution in [2.24, 2.45) is 0 Å². The van der Waals surface area contributed by atoms with Crippen molar-refractivity contribution >= 4 is 5.91 Å². The predicted molar refractivity (Wildman–Crippen MR) is 63.7 cm³/mol. The van der Waals surface area contributed by atoms with Crippen LogP contribution in [-0.2, 0) is 4.79 Å². The van der Waals surface area contributed by atoms with Gasteiger partial charge in [-0.25, -0.2) is 0 Å². The van der Waals surface area contributed by atoms with Crippen LogP contribution in [0.25, 0.3) is 0 Å². The molecule has 1 amide bonds. The van der Waals surface area contributed by atoms with E-state index in [1.54, 1.807) is 6.92 Å². The minimum atomic E-state index is -0.518. The average molecular weight is 235 g/mol. The average Bonchev–Trinajstić information content (AvgIpc) is 2.28. The Bertz CT molecular complexity index is 374. The fourth-order valence-corrected chi connectivity index (χ4v) is 1.78. The summed E-state index contributed by atoms with van der Waals surface area (Å²) in [6.45, 7) is 1.72. The van der Waals surface area contributed by atoms with E-state index in [0.717, 1.165) is 0 Å². The third kappa shape index (κ3) is 3.20. The van der Waals surface area contributed by atoms with Gasteiger partial charge in [-0.15, -0.1) is 0 Å².